The van der Waals surface area contributed by atoms with Crippen LogP contribution < -0.4 is 10.2 Å². The molecule has 3 heterocycles. The molecule has 0 aromatic carbocycles. The van der Waals surface area contributed by atoms with Crippen LogP contribution >= 0.6 is 11.3 Å². The third-order valence-electron chi connectivity index (χ3n) is 4.34. The fourth-order valence-corrected chi connectivity index (χ4v) is 3.68. The quantitative estimate of drug-likeness (QED) is 0.853. The van der Waals surface area contributed by atoms with Crippen molar-refractivity contribution in [3.8, 4) is 0 Å². The Morgan fingerprint density at radius 3 is 2.96 bits per heavy atom. The van der Waals surface area contributed by atoms with Crippen molar-refractivity contribution in [1.82, 2.24) is 20.4 Å². The van der Waals surface area contributed by atoms with Gasteiger partial charge < -0.3 is 10.2 Å². The van der Waals surface area contributed by atoms with Gasteiger partial charge in [-0.25, -0.2) is 0 Å². The van der Waals surface area contributed by atoms with Crippen molar-refractivity contribution in [1.29, 1.82) is 0 Å². The van der Waals surface area contributed by atoms with Crippen LogP contribution in [0.3, 0.4) is 0 Å². The van der Waals surface area contributed by atoms with Crippen molar-refractivity contribution < 1.29 is 4.79 Å². The molecule has 2 aromatic heterocycles. The predicted molar refractivity (Wildman–Crippen MR) is 98.9 cm³/mol. The number of rotatable bonds is 6. The first kappa shape index (κ1) is 17.7. The smallest absolute Gasteiger partial charge is 0.231 e. The number of carbonyl (C=O) groups excluding carboxylic acids is 1. The molecule has 1 fully saturated rings. The molecular weight excluding hydrogens is 336 g/mol. The molecule has 25 heavy (non-hydrogen) atoms. The molecule has 1 aliphatic heterocycles. The predicted octanol–water partition coefficient (Wildman–Crippen LogP) is 2.83. The fourth-order valence-electron chi connectivity index (χ4n) is 2.90. The summed E-state index contributed by atoms with van der Waals surface area (Å²) in [5, 5.41) is 21.1. The van der Waals surface area contributed by atoms with Gasteiger partial charge in [-0.15, -0.1) is 15.3 Å². The summed E-state index contributed by atoms with van der Waals surface area (Å²) in [4.78, 5) is 14.7. The van der Waals surface area contributed by atoms with Gasteiger partial charge >= 0.3 is 0 Å². The lowest BCUT2D eigenvalue weighted by Crippen LogP contribution is -2.41. The van der Waals surface area contributed by atoms with Crippen molar-refractivity contribution in [3.05, 3.63) is 22.8 Å². The summed E-state index contributed by atoms with van der Waals surface area (Å²) in [5.74, 6) is 0.781. The van der Waals surface area contributed by atoms with Crippen molar-refractivity contribution in [2.45, 2.75) is 46.0 Å². The SMILES string of the molecule is CCCCc1nnc(NC(=O)C2CCCN(c3ccc(C)nn3)C2)s1. The zero-order valence-electron chi connectivity index (χ0n) is 14.7. The average Bonchev–Trinajstić information content (AvgIpc) is 3.08. The number of piperidine rings is 1. The molecule has 1 N–H and O–H groups in total. The molecule has 7 nitrogen and oxygen atoms in total. The molecule has 1 unspecified atom stereocenters. The second-order valence-electron chi connectivity index (χ2n) is 6.41. The molecule has 134 valence electrons. The van der Waals surface area contributed by atoms with E-state index in [1.807, 2.05) is 19.1 Å². The molecule has 3 rings (SSSR count). The molecule has 1 aliphatic rings. The highest BCUT2D eigenvalue weighted by Gasteiger charge is 2.27. The number of nitrogens with one attached hydrogen (secondary N) is 1. The molecule has 1 saturated heterocycles. The van der Waals surface area contributed by atoms with E-state index in [4.69, 9.17) is 0 Å². The second-order valence-corrected chi connectivity index (χ2v) is 7.47. The van der Waals surface area contributed by atoms with Crippen LogP contribution in [0.1, 0.15) is 43.3 Å². The monoisotopic (exact) mass is 360 g/mol. The van der Waals surface area contributed by atoms with Gasteiger partial charge in [0.25, 0.3) is 0 Å². The third kappa shape index (κ3) is 4.72. The van der Waals surface area contributed by atoms with E-state index in [1.165, 1.54) is 11.3 Å². The Morgan fingerprint density at radius 2 is 2.20 bits per heavy atom. The summed E-state index contributed by atoms with van der Waals surface area (Å²) >= 11 is 1.47. The molecule has 1 amide bonds. The Morgan fingerprint density at radius 1 is 1.32 bits per heavy atom. The van der Waals surface area contributed by atoms with Crippen LogP contribution in [0.5, 0.6) is 0 Å². The number of nitrogens with zero attached hydrogens (tertiary/aromatic N) is 5. The molecule has 0 radical (unpaired) electrons. The maximum Gasteiger partial charge on any atom is 0.231 e. The largest absolute Gasteiger partial charge is 0.354 e. The Kier molecular flexibility index (Phi) is 5.91. The van der Waals surface area contributed by atoms with Crippen LogP contribution in [0.4, 0.5) is 10.9 Å². The van der Waals surface area contributed by atoms with Gasteiger partial charge in [0, 0.05) is 19.5 Å². The van der Waals surface area contributed by atoms with Crippen LogP contribution in [0, 0.1) is 12.8 Å². The van der Waals surface area contributed by atoms with Gasteiger partial charge in [0.15, 0.2) is 5.82 Å². The number of aryl methyl sites for hydroxylation is 2. The standard InChI is InChI=1S/C17H24N6OS/c1-3-4-7-15-21-22-17(25-15)18-16(24)13-6-5-10-23(11-13)14-9-8-12(2)19-20-14/h8-9,13H,3-7,10-11H2,1-2H3,(H,18,22,24). The van der Waals surface area contributed by atoms with Crippen LogP contribution in [0.2, 0.25) is 0 Å². The maximum absolute atomic E-state index is 12.6. The lowest BCUT2D eigenvalue weighted by molar-refractivity contribution is -0.120. The lowest BCUT2D eigenvalue weighted by atomic mass is 9.97. The maximum atomic E-state index is 12.6. The van der Waals surface area contributed by atoms with Crippen molar-refractivity contribution >= 4 is 28.2 Å². The van der Waals surface area contributed by atoms with E-state index in [0.717, 1.165) is 55.2 Å². The minimum atomic E-state index is -0.0696. The Hall–Kier alpha value is -2.09. The van der Waals surface area contributed by atoms with Crippen LogP contribution in [-0.4, -0.2) is 39.4 Å². The molecule has 8 heteroatoms. The van der Waals surface area contributed by atoms with Crippen molar-refractivity contribution in [2.75, 3.05) is 23.3 Å². The number of unbranched alkanes of at least 4 members (excludes halogenated alkanes) is 1. The summed E-state index contributed by atoms with van der Waals surface area (Å²) in [5.41, 5.74) is 0.894. The molecule has 0 spiro atoms. The van der Waals surface area contributed by atoms with E-state index in [2.05, 4.69) is 37.5 Å². The minimum Gasteiger partial charge on any atom is -0.354 e. The molecule has 0 saturated carbocycles. The Labute approximate surface area is 151 Å². The van der Waals surface area contributed by atoms with Crippen LogP contribution in [0.25, 0.3) is 0 Å². The van der Waals surface area contributed by atoms with E-state index in [0.29, 0.717) is 11.7 Å². The minimum absolute atomic E-state index is 0.0166. The third-order valence-corrected chi connectivity index (χ3v) is 5.24. The first-order valence-corrected chi connectivity index (χ1v) is 9.66. The number of aromatic nitrogens is 4. The second kappa shape index (κ2) is 8.33. The number of hydrogen-bond donors (Lipinski definition) is 1. The van der Waals surface area contributed by atoms with E-state index in [-0.39, 0.29) is 11.8 Å². The first-order valence-electron chi connectivity index (χ1n) is 8.84. The van der Waals surface area contributed by atoms with Gasteiger partial charge in [0.05, 0.1) is 11.6 Å². The Bertz CT molecular complexity index is 701. The first-order chi connectivity index (χ1) is 12.2. The van der Waals surface area contributed by atoms with E-state index >= 15 is 0 Å². The van der Waals surface area contributed by atoms with Gasteiger partial charge in [-0.05, 0) is 38.3 Å². The van der Waals surface area contributed by atoms with Gasteiger partial charge in [0.2, 0.25) is 11.0 Å². The summed E-state index contributed by atoms with van der Waals surface area (Å²) in [7, 11) is 0. The zero-order chi connectivity index (χ0) is 17.6. The number of anilines is 2. The van der Waals surface area contributed by atoms with E-state index in [1.54, 1.807) is 0 Å². The van der Waals surface area contributed by atoms with Gasteiger partial charge in [-0.2, -0.15) is 5.10 Å². The fraction of sp³-hybridized carbons (Fsp3) is 0.588. The summed E-state index contributed by atoms with van der Waals surface area (Å²) in [6, 6.07) is 3.92. The van der Waals surface area contributed by atoms with E-state index in [9.17, 15) is 4.79 Å². The van der Waals surface area contributed by atoms with Gasteiger partial charge in [0.1, 0.15) is 5.01 Å². The number of carbonyl (C=O) groups is 1. The zero-order valence-corrected chi connectivity index (χ0v) is 15.6. The number of hydrogen-bond acceptors (Lipinski definition) is 7. The highest BCUT2D eigenvalue weighted by Crippen LogP contribution is 2.24. The topological polar surface area (TPSA) is 83.9 Å². The lowest BCUT2D eigenvalue weighted by Gasteiger charge is -2.32. The van der Waals surface area contributed by atoms with E-state index < -0.39 is 0 Å². The highest BCUT2D eigenvalue weighted by molar-refractivity contribution is 7.15. The average molecular weight is 360 g/mol. The molecule has 0 aliphatic carbocycles. The van der Waals surface area contributed by atoms with Crippen molar-refractivity contribution in [2.24, 2.45) is 5.92 Å². The van der Waals surface area contributed by atoms with Crippen LogP contribution in [-0.2, 0) is 11.2 Å². The van der Waals surface area contributed by atoms with Crippen molar-refractivity contribution in [3.63, 3.8) is 0 Å². The number of amides is 1. The molecular formula is C17H24N6OS. The molecule has 1 atom stereocenters. The van der Waals surface area contributed by atoms with Crippen LogP contribution in [0.15, 0.2) is 12.1 Å². The van der Waals surface area contributed by atoms with Gasteiger partial charge in [-0.1, -0.05) is 24.7 Å². The normalized spacial score (nSPS) is 17.5. The summed E-state index contributed by atoms with van der Waals surface area (Å²) in [6.45, 7) is 5.63. The highest BCUT2D eigenvalue weighted by atomic mass is 32.1. The van der Waals surface area contributed by atoms with Gasteiger partial charge in [-0.3, -0.25) is 4.79 Å². The Balaban J connectivity index is 1.58. The summed E-state index contributed by atoms with van der Waals surface area (Å²) in [6.07, 6.45) is 4.99. The molecule has 2 aromatic rings. The summed E-state index contributed by atoms with van der Waals surface area (Å²) < 4.78 is 0. The molecule has 0 bridgehead atoms.